The molecule has 0 amide bonds. The lowest BCUT2D eigenvalue weighted by molar-refractivity contribution is 0.112. The van der Waals surface area contributed by atoms with Crippen LogP contribution in [0.3, 0.4) is 0 Å². The third-order valence-electron chi connectivity index (χ3n) is 8.34. The average molecular weight is 621 g/mol. The molecule has 0 saturated carbocycles. The first kappa shape index (κ1) is 35.3. The molecule has 0 aliphatic heterocycles. The molecule has 0 aromatic heterocycles. The topological polar surface area (TPSA) is 130 Å². The molecule has 0 heterocycles. The van der Waals surface area contributed by atoms with Gasteiger partial charge in [0.2, 0.25) is 0 Å². The number of hydrogen-bond donors (Lipinski definition) is 5. The molecule has 0 spiro atoms. The lowest BCUT2D eigenvalue weighted by atomic mass is 9.77. The summed E-state index contributed by atoms with van der Waals surface area (Å²) in [5.74, 6) is 0. The summed E-state index contributed by atoms with van der Waals surface area (Å²) in [6.07, 6.45) is 4.90. The molecule has 0 saturated heterocycles. The van der Waals surface area contributed by atoms with Crippen LogP contribution in [0, 0.1) is 0 Å². The number of carbonyl (C=O) groups is 1. The van der Waals surface area contributed by atoms with Gasteiger partial charge < -0.3 is 25.8 Å². The molecule has 10 heteroatoms. The van der Waals surface area contributed by atoms with Gasteiger partial charge in [-0.15, -0.1) is 0 Å². The number of nitrogens with two attached hydrogens (primary N) is 1. The number of carbonyl (C=O) groups excluding carboxylic acids is 1. The van der Waals surface area contributed by atoms with E-state index >= 15 is 0 Å². The van der Waals surface area contributed by atoms with Crippen LogP contribution < -0.4 is 16.7 Å². The highest BCUT2D eigenvalue weighted by molar-refractivity contribution is 6.59. The smallest absolute Gasteiger partial charge is 0.423 e. The molecule has 240 valence electrons. The molecule has 0 fully saturated rings. The van der Waals surface area contributed by atoms with Crippen LogP contribution in [-0.4, -0.2) is 63.5 Å². The van der Waals surface area contributed by atoms with E-state index in [1.165, 1.54) is 5.56 Å². The number of benzene rings is 4. The third kappa shape index (κ3) is 11.0. The van der Waals surface area contributed by atoms with Gasteiger partial charge in [0.1, 0.15) is 6.29 Å². The molecular weight excluding hydrogens is 576 g/mol. The van der Waals surface area contributed by atoms with E-state index in [1.807, 2.05) is 60.7 Å². The van der Waals surface area contributed by atoms with Crippen molar-refractivity contribution < 1.29 is 24.9 Å². The van der Waals surface area contributed by atoms with Gasteiger partial charge in [-0.2, -0.15) is 0 Å². The summed E-state index contributed by atoms with van der Waals surface area (Å²) < 4.78 is 0. The van der Waals surface area contributed by atoms with Crippen molar-refractivity contribution in [1.29, 1.82) is 0 Å². The van der Waals surface area contributed by atoms with Gasteiger partial charge in [-0.25, -0.2) is 0 Å². The molecule has 8 nitrogen and oxygen atoms in total. The first-order valence-corrected chi connectivity index (χ1v) is 16.0. The highest BCUT2D eigenvalue weighted by Crippen LogP contribution is 2.15. The van der Waals surface area contributed by atoms with Gasteiger partial charge in [0.15, 0.2) is 0 Å². The van der Waals surface area contributed by atoms with Crippen molar-refractivity contribution in [3.05, 3.63) is 130 Å². The second kappa shape index (κ2) is 18.5. The quantitative estimate of drug-likeness (QED) is 0.0614. The van der Waals surface area contributed by atoms with E-state index in [4.69, 9.17) is 5.73 Å². The number of aldehydes is 1. The van der Waals surface area contributed by atoms with Crippen LogP contribution in [0.15, 0.2) is 97.1 Å². The Kier molecular flexibility index (Phi) is 14.2. The van der Waals surface area contributed by atoms with Crippen molar-refractivity contribution >= 4 is 31.4 Å². The fourth-order valence-corrected chi connectivity index (χ4v) is 5.79. The van der Waals surface area contributed by atoms with E-state index in [0.717, 1.165) is 73.9 Å². The molecule has 0 unspecified atom stereocenters. The molecule has 6 N–H and O–H groups in total. The van der Waals surface area contributed by atoms with Crippen molar-refractivity contribution in [3.63, 3.8) is 0 Å². The van der Waals surface area contributed by atoms with Crippen LogP contribution in [-0.2, 0) is 32.7 Å². The van der Waals surface area contributed by atoms with Crippen molar-refractivity contribution in [2.75, 3.05) is 13.1 Å². The van der Waals surface area contributed by atoms with E-state index in [1.54, 1.807) is 12.1 Å². The molecular formula is C36H45B2N3O5. The van der Waals surface area contributed by atoms with E-state index in [2.05, 4.69) is 34.1 Å². The van der Waals surface area contributed by atoms with Gasteiger partial charge in [0.05, 0.1) is 0 Å². The fraction of sp³-hybridized carbons (Fsp3) is 0.306. The van der Waals surface area contributed by atoms with Crippen LogP contribution in [0.1, 0.15) is 63.9 Å². The SMILES string of the molecule is NCc1ccc(CN(CCCCCCN(Cc2ccc(C=O)cc2)Cc2ccccc2B(O)O)Cc2ccccc2B(O)O)cc1. The summed E-state index contributed by atoms with van der Waals surface area (Å²) in [4.78, 5) is 15.8. The van der Waals surface area contributed by atoms with Gasteiger partial charge in [-0.3, -0.25) is 14.6 Å². The average Bonchev–Trinajstić information content (AvgIpc) is 3.07. The first-order valence-electron chi connectivity index (χ1n) is 16.0. The summed E-state index contributed by atoms with van der Waals surface area (Å²) in [6.45, 7) is 4.82. The number of rotatable bonds is 19. The summed E-state index contributed by atoms with van der Waals surface area (Å²) in [5, 5.41) is 39.6. The Morgan fingerprint density at radius 1 is 0.543 bits per heavy atom. The minimum absolute atomic E-state index is 0.505. The normalized spacial score (nSPS) is 11.3. The highest BCUT2D eigenvalue weighted by Gasteiger charge is 2.19. The first-order chi connectivity index (χ1) is 22.4. The summed E-state index contributed by atoms with van der Waals surface area (Å²) in [6, 6.07) is 30.8. The predicted octanol–water partition coefficient (Wildman–Crippen LogP) is 2.58. The Hall–Kier alpha value is -3.60. The van der Waals surface area contributed by atoms with Crippen molar-refractivity contribution in [1.82, 2.24) is 9.80 Å². The van der Waals surface area contributed by atoms with Crippen molar-refractivity contribution in [2.45, 2.75) is 58.4 Å². The van der Waals surface area contributed by atoms with Crippen LogP contribution in [0.4, 0.5) is 0 Å². The Bertz CT molecular complexity index is 1490. The lowest BCUT2D eigenvalue weighted by Crippen LogP contribution is -2.36. The molecule has 4 aromatic carbocycles. The molecule has 0 aliphatic carbocycles. The molecule has 46 heavy (non-hydrogen) atoms. The summed E-state index contributed by atoms with van der Waals surface area (Å²) >= 11 is 0. The van der Waals surface area contributed by atoms with Crippen LogP contribution >= 0.6 is 0 Å². The molecule has 4 aromatic rings. The molecule has 4 rings (SSSR count). The van der Waals surface area contributed by atoms with Crippen molar-refractivity contribution in [2.24, 2.45) is 5.73 Å². The standard InChI is InChI=1S/C36H45B2N3O5/c39-23-29-13-15-30(16-14-29)24-40(26-33-9-3-5-11-35(33)37(43)44)21-7-1-2-8-22-41(25-31-17-19-32(28-42)20-18-31)27-34-10-4-6-12-36(34)38(45)46/h3-6,9-20,28,43-46H,1-2,7-8,21-27,39H2. The monoisotopic (exact) mass is 621 g/mol. The Morgan fingerprint density at radius 3 is 1.37 bits per heavy atom. The molecule has 0 radical (unpaired) electrons. The van der Waals surface area contributed by atoms with Crippen LogP contribution in [0.25, 0.3) is 0 Å². The largest absolute Gasteiger partial charge is 0.488 e. The second-order valence-corrected chi connectivity index (χ2v) is 11.9. The summed E-state index contributed by atoms with van der Waals surface area (Å²) in [5.41, 5.74) is 12.6. The Morgan fingerprint density at radius 2 is 0.957 bits per heavy atom. The minimum atomic E-state index is -1.53. The van der Waals surface area contributed by atoms with Crippen LogP contribution in [0.5, 0.6) is 0 Å². The molecule has 0 atom stereocenters. The number of unbranched alkanes of at least 4 members (excludes halogenated alkanes) is 3. The van der Waals surface area contributed by atoms with Gasteiger partial charge in [-0.1, -0.05) is 110 Å². The summed E-state index contributed by atoms with van der Waals surface area (Å²) in [7, 11) is -3.04. The zero-order chi connectivity index (χ0) is 32.7. The maximum absolute atomic E-state index is 11.1. The van der Waals surface area contributed by atoms with E-state index in [0.29, 0.717) is 42.7 Å². The second-order valence-electron chi connectivity index (χ2n) is 11.9. The maximum atomic E-state index is 11.1. The number of nitrogens with zero attached hydrogens (tertiary/aromatic N) is 2. The molecule has 0 aliphatic rings. The van der Waals surface area contributed by atoms with Gasteiger partial charge >= 0.3 is 14.2 Å². The minimum Gasteiger partial charge on any atom is -0.423 e. The van der Waals surface area contributed by atoms with Gasteiger partial charge in [0, 0.05) is 38.3 Å². The Labute approximate surface area is 273 Å². The predicted molar refractivity (Wildman–Crippen MR) is 185 cm³/mol. The highest BCUT2D eigenvalue weighted by atomic mass is 16.4. The zero-order valence-electron chi connectivity index (χ0n) is 26.4. The van der Waals surface area contributed by atoms with Gasteiger partial charge in [0.25, 0.3) is 0 Å². The van der Waals surface area contributed by atoms with E-state index in [9.17, 15) is 24.9 Å². The fourth-order valence-electron chi connectivity index (χ4n) is 5.79. The van der Waals surface area contributed by atoms with E-state index < -0.39 is 14.2 Å². The molecule has 0 bridgehead atoms. The maximum Gasteiger partial charge on any atom is 0.488 e. The lowest BCUT2D eigenvalue weighted by Gasteiger charge is -2.25. The van der Waals surface area contributed by atoms with Gasteiger partial charge in [-0.05, 0) is 64.7 Å². The third-order valence-corrected chi connectivity index (χ3v) is 8.34. The van der Waals surface area contributed by atoms with Crippen LogP contribution in [0.2, 0.25) is 0 Å². The van der Waals surface area contributed by atoms with Crippen molar-refractivity contribution in [3.8, 4) is 0 Å². The van der Waals surface area contributed by atoms with E-state index in [-0.39, 0.29) is 0 Å². The zero-order valence-corrected chi connectivity index (χ0v) is 26.4. The number of hydrogen-bond acceptors (Lipinski definition) is 8. The Balaban J connectivity index is 1.36.